The predicted octanol–water partition coefficient (Wildman–Crippen LogP) is 4.50. The van der Waals surface area contributed by atoms with Crippen molar-refractivity contribution in [2.75, 3.05) is 0 Å². The van der Waals surface area contributed by atoms with Gasteiger partial charge in [0, 0.05) is 0 Å². The molecule has 0 saturated carbocycles. The summed E-state index contributed by atoms with van der Waals surface area (Å²) in [6.07, 6.45) is 0. The van der Waals surface area contributed by atoms with E-state index in [0.717, 1.165) is 5.75 Å². The molecule has 0 saturated heterocycles. The van der Waals surface area contributed by atoms with Gasteiger partial charge < -0.3 is 4.74 Å². The van der Waals surface area contributed by atoms with E-state index in [1.807, 2.05) is 6.07 Å². The van der Waals surface area contributed by atoms with Crippen LogP contribution in [0, 0.1) is 27.7 Å². The van der Waals surface area contributed by atoms with Crippen LogP contribution in [0.15, 0.2) is 36.4 Å². The lowest BCUT2D eigenvalue weighted by atomic mass is 10.1. The Morgan fingerprint density at radius 2 is 1.33 bits per heavy atom. The number of rotatable bonds is 3. The minimum atomic E-state index is 0.629. The molecule has 1 heteroatoms. The Balaban J connectivity index is 2.06. The third kappa shape index (κ3) is 2.92. The summed E-state index contributed by atoms with van der Waals surface area (Å²) < 4.78 is 5.82. The van der Waals surface area contributed by atoms with Gasteiger partial charge in [-0.1, -0.05) is 24.3 Å². The monoisotopic (exact) mass is 240 g/mol. The van der Waals surface area contributed by atoms with Crippen LogP contribution in [-0.2, 0) is 6.61 Å². The minimum Gasteiger partial charge on any atom is -0.489 e. The molecule has 0 bridgehead atoms. The third-order valence-corrected chi connectivity index (χ3v) is 3.46. The number of hydrogen-bond acceptors (Lipinski definition) is 1. The maximum Gasteiger partial charge on any atom is 0.120 e. The van der Waals surface area contributed by atoms with Crippen molar-refractivity contribution in [1.29, 1.82) is 0 Å². The van der Waals surface area contributed by atoms with E-state index in [1.165, 1.54) is 27.8 Å². The van der Waals surface area contributed by atoms with Crippen molar-refractivity contribution in [3.8, 4) is 5.75 Å². The SMILES string of the molecule is Cc1ccc(COc2ccc(C)c(C)c2)cc1C. The van der Waals surface area contributed by atoms with Crippen LogP contribution in [0.2, 0.25) is 0 Å². The second kappa shape index (κ2) is 5.26. The van der Waals surface area contributed by atoms with Gasteiger partial charge in [-0.15, -0.1) is 0 Å². The number of benzene rings is 2. The van der Waals surface area contributed by atoms with Crippen molar-refractivity contribution in [1.82, 2.24) is 0 Å². The van der Waals surface area contributed by atoms with Gasteiger partial charge >= 0.3 is 0 Å². The molecular weight excluding hydrogens is 220 g/mol. The second-order valence-electron chi connectivity index (χ2n) is 4.95. The van der Waals surface area contributed by atoms with E-state index >= 15 is 0 Å². The van der Waals surface area contributed by atoms with E-state index in [1.54, 1.807) is 0 Å². The molecule has 0 aliphatic rings. The predicted molar refractivity (Wildman–Crippen MR) is 76.2 cm³/mol. The average molecular weight is 240 g/mol. The fourth-order valence-electron chi connectivity index (χ4n) is 1.86. The molecule has 0 N–H and O–H groups in total. The molecule has 0 atom stereocenters. The second-order valence-corrected chi connectivity index (χ2v) is 4.95. The molecule has 18 heavy (non-hydrogen) atoms. The Hall–Kier alpha value is -1.76. The Morgan fingerprint density at radius 3 is 1.94 bits per heavy atom. The van der Waals surface area contributed by atoms with Crippen LogP contribution < -0.4 is 4.74 Å². The summed E-state index contributed by atoms with van der Waals surface area (Å²) in [7, 11) is 0. The summed E-state index contributed by atoms with van der Waals surface area (Å²) in [5, 5.41) is 0. The summed E-state index contributed by atoms with van der Waals surface area (Å²) >= 11 is 0. The normalized spacial score (nSPS) is 10.4. The molecule has 94 valence electrons. The Kier molecular flexibility index (Phi) is 3.71. The smallest absolute Gasteiger partial charge is 0.120 e. The van der Waals surface area contributed by atoms with Crippen molar-refractivity contribution in [2.24, 2.45) is 0 Å². The van der Waals surface area contributed by atoms with Crippen LogP contribution in [-0.4, -0.2) is 0 Å². The molecule has 2 rings (SSSR count). The molecule has 0 heterocycles. The minimum absolute atomic E-state index is 0.629. The average Bonchev–Trinajstić information content (AvgIpc) is 2.35. The van der Waals surface area contributed by atoms with Crippen LogP contribution in [0.3, 0.4) is 0 Å². The first-order valence-electron chi connectivity index (χ1n) is 6.32. The summed E-state index contributed by atoms with van der Waals surface area (Å²) in [5.74, 6) is 0.941. The van der Waals surface area contributed by atoms with Gasteiger partial charge in [-0.25, -0.2) is 0 Å². The largest absolute Gasteiger partial charge is 0.489 e. The van der Waals surface area contributed by atoms with Gasteiger partial charge in [-0.2, -0.15) is 0 Å². The van der Waals surface area contributed by atoms with Crippen molar-refractivity contribution < 1.29 is 4.74 Å². The topological polar surface area (TPSA) is 9.23 Å². The first kappa shape index (κ1) is 12.7. The molecule has 0 radical (unpaired) electrons. The zero-order valence-corrected chi connectivity index (χ0v) is 11.6. The molecule has 0 spiro atoms. The molecule has 0 aliphatic carbocycles. The van der Waals surface area contributed by atoms with E-state index in [4.69, 9.17) is 4.74 Å². The molecule has 0 aliphatic heterocycles. The van der Waals surface area contributed by atoms with Crippen LogP contribution in [0.1, 0.15) is 27.8 Å². The van der Waals surface area contributed by atoms with Crippen molar-refractivity contribution in [2.45, 2.75) is 34.3 Å². The molecular formula is C17H20O. The van der Waals surface area contributed by atoms with E-state index in [-0.39, 0.29) is 0 Å². The summed E-state index contributed by atoms with van der Waals surface area (Å²) in [4.78, 5) is 0. The van der Waals surface area contributed by atoms with Crippen molar-refractivity contribution >= 4 is 0 Å². The Bertz CT molecular complexity index is 504. The highest BCUT2D eigenvalue weighted by Crippen LogP contribution is 2.18. The van der Waals surface area contributed by atoms with E-state index in [0.29, 0.717) is 6.61 Å². The first-order chi connectivity index (χ1) is 8.56. The standard InChI is InChI=1S/C17H20O/c1-12-5-7-16(9-14(12)3)11-18-17-8-6-13(2)15(4)10-17/h5-10H,11H2,1-4H3. The maximum absolute atomic E-state index is 5.82. The van der Waals surface area contributed by atoms with Crippen LogP contribution >= 0.6 is 0 Å². The van der Waals surface area contributed by atoms with Gasteiger partial charge in [0.05, 0.1) is 0 Å². The first-order valence-corrected chi connectivity index (χ1v) is 6.32. The molecule has 0 unspecified atom stereocenters. The van der Waals surface area contributed by atoms with Gasteiger partial charge in [-0.3, -0.25) is 0 Å². The summed E-state index contributed by atoms with van der Waals surface area (Å²) in [5.41, 5.74) is 6.43. The van der Waals surface area contributed by atoms with Gasteiger partial charge in [0.1, 0.15) is 12.4 Å². The van der Waals surface area contributed by atoms with Crippen LogP contribution in [0.25, 0.3) is 0 Å². The lowest BCUT2D eigenvalue weighted by Crippen LogP contribution is -1.97. The summed E-state index contributed by atoms with van der Waals surface area (Å²) in [6.45, 7) is 9.11. The number of hydrogen-bond donors (Lipinski definition) is 0. The van der Waals surface area contributed by atoms with E-state index < -0.39 is 0 Å². The van der Waals surface area contributed by atoms with Gasteiger partial charge in [0.2, 0.25) is 0 Å². The third-order valence-electron chi connectivity index (χ3n) is 3.46. The van der Waals surface area contributed by atoms with E-state index in [2.05, 4.69) is 58.0 Å². The number of aryl methyl sites for hydroxylation is 4. The highest BCUT2D eigenvalue weighted by molar-refractivity contribution is 5.34. The fourth-order valence-corrected chi connectivity index (χ4v) is 1.86. The molecule has 0 aromatic heterocycles. The highest BCUT2D eigenvalue weighted by Gasteiger charge is 2.00. The van der Waals surface area contributed by atoms with Crippen molar-refractivity contribution in [3.05, 3.63) is 64.2 Å². The maximum atomic E-state index is 5.82. The summed E-state index contributed by atoms with van der Waals surface area (Å²) in [6, 6.07) is 12.7. The number of ether oxygens (including phenoxy) is 1. The fraction of sp³-hybridized carbons (Fsp3) is 0.294. The van der Waals surface area contributed by atoms with Crippen molar-refractivity contribution in [3.63, 3.8) is 0 Å². The lowest BCUT2D eigenvalue weighted by Gasteiger charge is -2.09. The Morgan fingerprint density at radius 1 is 0.722 bits per heavy atom. The van der Waals surface area contributed by atoms with E-state index in [9.17, 15) is 0 Å². The molecule has 0 amide bonds. The lowest BCUT2D eigenvalue weighted by molar-refractivity contribution is 0.306. The Labute approximate surface area is 109 Å². The van der Waals surface area contributed by atoms with Gasteiger partial charge in [0.25, 0.3) is 0 Å². The molecule has 1 nitrogen and oxygen atoms in total. The zero-order chi connectivity index (χ0) is 13.1. The molecule has 0 fully saturated rings. The van der Waals surface area contributed by atoms with Crippen LogP contribution in [0.5, 0.6) is 5.75 Å². The highest BCUT2D eigenvalue weighted by atomic mass is 16.5. The molecule has 2 aromatic carbocycles. The quantitative estimate of drug-likeness (QED) is 0.767. The molecule has 2 aromatic rings. The zero-order valence-electron chi connectivity index (χ0n) is 11.6. The van der Waals surface area contributed by atoms with Gasteiger partial charge in [-0.05, 0) is 67.6 Å². The van der Waals surface area contributed by atoms with Gasteiger partial charge in [0.15, 0.2) is 0 Å². The van der Waals surface area contributed by atoms with Crippen LogP contribution in [0.4, 0.5) is 0 Å².